The van der Waals surface area contributed by atoms with Crippen LogP contribution >= 0.6 is 0 Å². The van der Waals surface area contributed by atoms with Crippen LogP contribution in [0.15, 0.2) is 6.07 Å². The van der Waals surface area contributed by atoms with Crippen LogP contribution in [0.2, 0.25) is 0 Å². The first-order valence-corrected chi connectivity index (χ1v) is 6.12. The van der Waals surface area contributed by atoms with E-state index in [4.69, 9.17) is 10.8 Å². The fourth-order valence-corrected chi connectivity index (χ4v) is 1.61. The van der Waals surface area contributed by atoms with Gasteiger partial charge in [0.1, 0.15) is 17.5 Å². The van der Waals surface area contributed by atoms with Crippen molar-refractivity contribution in [2.75, 3.05) is 30.8 Å². The highest BCUT2D eigenvalue weighted by molar-refractivity contribution is 5.46. The highest BCUT2D eigenvalue weighted by atomic mass is 16.2. The van der Waals surface area contributed by atoms with E-state index in [9.17, 15) is 0 Å². The van der Waals surface area contributed by atoms with Gasteiger partial charge in [-0.25, -0.2) is 9.97 Å². The Balaban J connectivity index is 2.55. The fraction of sp³-hybridized carbons (Fsp3) is 0.667. The zero-order chi connectivity index (χ0) is 12.7. The summed E-state index contributed by atoms with van der Waals surface area (Å²) in [7, 11) is 2.00. The molecule has 5 nitrogen and oxygen atoms in total. The Morgan fingerprint density at radius 1 is 1.29 bits per heavy atom. The summed E-state index contributed by atoms with van der Waals surface area (Å²) in [6.07, 6.45) is 3.72. The van der Waals surface area contributed by atoms with Crippen molar-refractivity contribution in [3.05, 3.63) is 11.9 Å². The summed E-state index contributed by atoms with van der Waals surface area (Å²) >= 11 is 0. The van der Waals surface area contributed by atoms with Gasteiger partial charge in [-0.1, -0.05) is 6.92 Å². The fourth-order valence-electron chi connectivity index (χ4n) is 1.61. The molecule has 0 amide bonds. The second-order valence-corrected chi connectivity index (χ2v) is 4.13. The van der Waals surface area contributed by atoms with Crippen LogP contribution in [0.25, 0.3) is 0 Å². The van der Waals surface area contributed by atoms with E-state index in [1.54, 1.807) is 6.07 Å². The summed E-state index contributed by atoms with van der Waals surface area (Å²) in [5.41, 5.74) is 5.74. The first kappa shape index (κ1) is 13.7. The molecule has 0 unspecified atom stereocenters. The van der Waals surface area contributed by atoms with E-state index in [-0.39, 0.29) is 6.61 Å². The number of hydrogen-bond acceptors (Lipinski definition) is 5. The summed E-state index contributed by atoms with van der Waals surface area (Å²) in [5, 5.41) is 8.70. The lowest BCUT2D eigenvalue weighted by atomic mass is 10.2. The van der Waals surface area contributed by atoms with Crippen LogP contribution in [-0.2, 0) is 6.42 Å². The number of hydrogen-bond donors (Lipinski definition) is 2. The smallest absolute Gasteiger partial charge is 0.134 e. The van der Waals surface area contributed by atoms with Gasteiger partial charge < -0.3 is 15.7 Å². The van der Waals surface area contributed by atoms with Gasteiger partial charge in [-0.2, -0.15) is 0 Å². The summed E-state index contributed by atoms with van der Waals surface area (Å²) in [6.45, 7) is 3.20. The van der Waals surface area contributed by atoms with Crippen LogP contribution in [-0.4, -0.2) is 35.3 Å². The van der Waals surface area contributed by atoms with Gasteiger partial charge in [-0.05, 0) is 19.3 Å². The molecule has 96 valence electrons. The second-order valence-electron chi connectivity index (χ2n) is 4.13. The average Bonchev–Trinajstić information content (AvgIpc) is 2.33. The van der Waals surface area contributed by atoms with Crippen molar-refractivity contribution < 1.29 is 5.11 Å². The number of nitrogens with two attached hydrogens (primary N) is 1. The number of nitrogens with zero attached hydrogens (tertiary/aromatic N) is 3. The van der Waals surface area contributed by atoms with Gasteiger partial charge in [0.2, 0.25) is 0 Å². The molecule has 3 N–H and O–H groups in total. The molecule has 1 aromatic rings. The van der Waals surface area contributed by atoms with Crippen molar-refractivity contribution in [1.29, 1.82) is 0 Å². The lowest BCUT2D eigenvalue weighted by Crippen LogP contribution is -2.21. The largest absolute Gasteiger partial charge is 0.396 e. The van der Waals surface area contributed by atoms with E-state index in [0.29, 0.717) is 5.82 Å². The Morgan fingerprint density at radius 2 is 2.06 bits per heavy atom. The number of nitrogen functional groups attached to an aromatic ring is 1. The second kappa shape index (κ2) is 7.06. The quantitative estimate of drug-likeness (QED) is 0.699. The normalized spacial score (nSPS) is 10.5. The highest BCUT2D eigenvalue weighted by Crippen LogP contribution is 2.13. The van der Waals surface area contributed by atoms with Gasteiger partial charge in [0.15, 0.2) is 0 Å². The zero-order valence-electron chi connectivity index (χ0n) is 10.7. The molecule has 1 aromatic heterocycles. The topological polar surface area (TPSA) is 75.3 Å². The Kier molecular flexibility index (Phi) is 5.69. The maximum atomic E-state index is 8.70. The van der Waals surface area contributed by atoms with Crippen molar-refractivity contribution in [1.82, 2.24) is 9.97 Å². The third-order valence-corrected chi connectivity index (χ3v) is 2.64. The highest BCUT2D eigenvalue weighted by Gasteiger charge is 2.05. The summed E-state index contributed by atoms with van der Waals surface area (Å²) in [5.74, 6) is 2.18. The van der Waals surface area contributed by atoms with E-state index in [1.165, 1.54) is 0 Å². The number of aliphatic hydroxyl groups excluding tert-OH is 1. The predicted octanol–water partition coefficient (Wildman–Crippen LogP) is 1.22. The Hall–Kier alpha value is -1.36. The molecule has 5 heteroatoms. The monoisotopic (exact) mass is 238 g/mol. The molecule has 0 saturated carbocycles. The number of aliphatic hydroxyl groups is 1. The summed E-state index contributed by atoms with van der Waals surface area (Å²) < 4.78 is 0. The van der Waals surface area contributed by atoms with Crippen molar-refractivity contribution in [2.24, 2.45) is 0 Å². The molecule has 1 heterocycles. The van der Waals surface area contributed by atoms with Crippen LogP contribution in [0.4, 0.5) is 11.6 Å². The number of unbranched alkanes of at least 4 members (excludes halogenated alkanes) is 2. The third-order valence-electron chi connectivity index (χ3n) is 2.64. The Labute approximate surface area is 103 Å². The number of aromatic nitrogens is 2. The lowest BCUT2D eigenvalue weighted by molar-refractivity contribution is 0.283. The van der Waals surface area contributed by atoms with E-state index in [0.717, 1.165) is 43.9 Å². The van der Waals surface area contributed by atoms with Crippen LogP contribution in [0, 0.1) is 0 Å². The van der Waals surface area contributed by atoms with Crippen LogP contribution in [0.5, 0.6) is 0 Å². The molecule has 0 aliphatic rings. The molecule has 0 fully saturated rings. The van der Waals surface area contributed by atoms with E-state index in [2.05, 4.69) is 14.9 Å². The average molecular weight is 238 g/mol. The van der Waals surface area contributed by atoms with Gasteiger partial charge in [0.25, 0.3) is 0 Å². The number of aryl methyl sites for hydroxylation is 1. The minimum Gasteiger partial charge on any atom is -0.396 e. The molecule has 0 spiro atoms. The number of anilines is 2. The molecule has 0 saturated heterocycles. The van der Waals surface area contributed by atoms with Crippen molar-refractivity contribution in [3.8, 4) is 0 Å². The van der Waals surface area contributed by atoms with Gasteiger partial charge >= 0.3 is 0 Å². The van der Waals surface area contributed by atoms with Crippen LogP contribution < -0.4 is 10.6 Å². The molecule has 1 rings (SSSR count). The van der Waals surface area contributed by atoms with Crippen molar-refractivity contribution in [3.63, 3.8) is 0 Å². The first-order chi connectivity index (χ1) is 8.17. The maximum Gasteiger partial charge on any atom is 0.134 e. The predicted molar refractivity (Wildman–Crippen MR) is 70.0 cm³/mol. The van der Waals surface area contributed by atoms with Crippen molar-refractivity contribution in [2.45, 2.75) is 32.6 Å². The minimum absolute atomic E-state index is 0.268. The Morgan fingerprint density at radius 3 is 2.71 bits per heavy atom. The van der Waals surface area contributed by atoms with Crippen molar-refractivity contribution >= 4 is 11.6 Å². The summed E-state index contributed by atoms with van der Waals surface area (Å²) in [6, 6.07) is 1.80. The standard InChI is InChI=1S/C12H22N4O/c1-3-11-14-10(13)9-12(15-11)16(2)7-5-4-6-8-17/h9,17H,3-8H2,1-2H3,(H2,13,14,15). The van der Waals surface area contributed by atoms with Gasteiger partial charge in [-0.3, -0.25) is 0 Å². The molecular formula is C12H22N4O. The molecular weight excluding hydrogens is 216 g/mol. The number of rotatable bonds is 7. The molecule has 0 aliphatic heterocycles. The van der Waals surface area contributed by atoms with Gasteiger partial charge in [0.05, 0.1) is 0 Å². The zero-order valence-corrected chi connectivity index (χ0v) is 10.7. The van der Waals surface area contributed by atoms with Crippen LogP contribution in [0.3, 0.4) is 0 Å². The molecule has 17 heavy (non-hydrogen) atoms. The van der Waals surface area contributed by atoms with E-state index in [1.807, 2.05) is 14.0 Å². The Bertz CT molecular complexity index is 343. The lowest BCUT2D eigenvalue weighted by Gasteiger charge is -2.18. The third kappa shape index (κ3) is 4.56. The van der Waals surface area contributed by atoms with Gasteiger partial charge in [0, 0.05) is 32.7 Å². The maximum absolute atomic E-state index is 8.70. The SMILES string of the molecule is CCc1nc(N)cc(N(C)CCCCCO)n1. The first-order valence-electron chi connectivity index (χ1n) is 6.12. The molecule has 0 aliphatic carbocycles. The minimum atomic E-state index is 0.268. The van der Waals surface area contributed by atoms with Crippen LogP contribution in [0.1, 0.15) is 32.0 Å². The molecule has 0 atom stereocenters. The van der Waals surface area contributed by atoms with Gasteiger partial charge in [-0.15, -0.1) is 0 Å². The molecule has 0 aromatic carbocycles. The van der Waals surface area contributed by atoms with E-state index >= 15 is 0 Å². The van der Waals surface area contributed by atoms with E-state index < -0.39 is 0 Å². The molecule has 0 bridgehead atoms. The summed E-state index contributed by atoms with van der Waals surface area (Å²) in [4.78, 5) is 10.7. The molecule has 0 radical (unpaired) electrons.